The molecule has 1 heterocycles. The van der Waals surface area contributed by atoms with Crippen molar-refractivity contribution in [3.63, 3.8) is 0 Å². The molecule has 0 aliphatic carbocycles. The van der Waals surface area contributed by atoms with Crippen LogP contribution in [0.4, 0.5) is 11.4 Å². The number of ether oxygens (including phenoxy) is 1. The molecule has 0 saturated heterocycles. The molecule has 0 fully saturated rings. The number of aromatic nitrogens is 2. The van der Waals surface area contributed by atoms with Gasteiger partial charge in [0.2, 0.25) is 11.8 Å². The highest BCUT2D eigenvalue weighted by Gasteiger charge is 2.24. The van der Waals surface area contributed by atoms with E-state index in [0.717, 1.165) is 10.2 Å². The van der Waals surface area contributed by atoms with Crippen molar-refractivity contribution < 1.29 is 14.3 Å². The molecule has 1 aromatic heterocycles. The number of amides is 2. The minimum Gasteiger partial charge on any atom is -0.497 e. The lowest BCUT2D eigenvalue weighted by molar-refractivity contribution is -0.119. The Morgan fingerprint density at radius 1 is 1.03 bits per heavy atom. The first-order valence-corrected chi connectivity index (χ1v) is 10.4. The molecule has 8 heteroatoms. The summed E-state index contributed by atoms with van der Waals surface area (Å²) in [5, 5.41) is 9.92. The second kappa shape index (κ2) is 10.4. The third-order valence-corrected chi connectivity index (χ3v) is 4.94. The summed E-state index contributed by atoms with van der Waals surface area (Å²) in [6.45, 7) is 3.50. The van der Waals surface area contributed by atoms with E-state index in [4.69, 9.17) is 4.74 Å². The lowest BCUT2D eigenvalue weighted by Crippen LogP contribution is -2.36. The average molecular weight is 434 g/mol. The second-order valence-electron chi connectivity index (χ2n) is 7.10. The van der Waals surface area contributed by atoms with Gasteiger partial charge in [0.05, 0.1) is 12.8 Å². The molecule has 2 amide bonds. The number of nitrogens with zero attached hydrogens (tertiary/aromatic N) is 2. The highest BCUT2D eigenvalue weighted by Crippen LogP contribution is 2.21. The van der Waals surface area contributed by atoms with Crippen LogP contribution in [0.1, 0.15) is 32.7 Å². The van der Waals surface area contributed by atoms with Crippen molar-refractivity contribution in [3.05, 3.63) is 71.0 Å². The number of hydrogen-bond acceptors (Lipinski definition) is 5. The Bertz CT molecular complexity index is 1140. The molecule has 3 rings (SSSR count). The summed E-state index contributed by atoms with van der Waals surface area (Å²) in [5.41, 5.74) is 1.36. The van der Waals surface area contributed by atoms with Crippen LogP contribution in [0.25, 0.3) is 11.3 Å². The van der Waals surface area contributed by atoms with Crippen molar-refractivity contribution >= 4 is 23.2 Å². The Balaban J connectivity index is 2.01. The molecular formula is C24H26N4O4. The van der Waals surface area contributed by atoms with Gasteiger partial charge in [-0.05, 0) is 36.8 Å². The van der Waals surface area contributed by atoms with Crippen LogP contribution >= 0.6 is 0 Å². The predicted octanol–water partition coefficient (Wildman–Crippen LogP) is 3.86. The van der Waals surface area contributed by atoms with E-state index < -0.39 is 11.6 Å². The summed E-state index contributed by atoms with van der Waals surface area (Å²) in [6.07, 6.45) is 0.548. The minimum absolute atomic E-state index is 0.0846. The summed E-state index contributed by atoms with van der Waals surface area (Å²) in [7, 11) is 1.56. The molecule has 2 aromatic carbocycles. The maximum Gasteiger partial charge on any atom is 0.291 e. The van der Waals surface area contributed by atoms with Gasteiger partial charge >= 0.3 is 0 Å². The van der Waals surface area contributed by atoms with Gasteiger partial charge in [-0.15, -0.1) is 0 Å². The molecule has 0 aliphatic heterocycles. The topological polar surface area (TPSA) is 102 Å². The lowest BCUT2D eigenvalue weighted by Gasteiger charge is -2.19. The Morgan fingerprint density at radius 2 is 1.72 bits per heavy atom. The van der Waals surface area contributed by atoms with Gasteiger partial charge in [0.15, 0.2) is 0 Å². The van der Waals surface area contributed by atoms with E-state index in [-0.39, 0.29) is 23.9 Å². The first-order valence-electron chi connectivity index (χ1n) is 10.4. The van der Waals surface area contributed by atoms with E-state index in [1.165, 1.54) is 6.07 Å². The number of rotatable bonds is 8. The van der Waals surface area contributed by atoms with Crippen LogP contribution < -0.4 is 20.9 Å². The van der Waals surface area contributed by atoms with Crippen LogP contribution in [0.3, 0.4) is 0 Å². The molecule has 0 bridgehead atoms. The first-order chi connectivity index (χ1) is 15.5. The van der Waals surface area contributed by atoms with Crippen molar-refractivity contribution in [1.82, 2.24) is 9.78 Å². The Hall–Kier alpha value is -3.94. The number of anilines is 2. The SMILES string of the molecule is CCC(=O)Nc1cc(-c2ccccc2)nn([C@H](CC)C(=O)Nc2ccc(OC)cc2)c1=O. The highest BCUT2D eigenvalue weighted by molar-refractivity contribution is 5.94. The predicted molar refractivity (Wildman–Crippen MR) is 124 cm³/mol. The number of carbonyl (C=O) groups excluding carboxylic acids is 2. The van der Waals surface area contributed by atoms with Crippen molar-refractivity contribution in [2.24, 2.45) is 0 Å². The summed E-state index contributed by atoms with van der Waals surface area (Å²) in [5.74, 6) is -0.0142. The zero-order valence-electron chi connectivity index (χ0n) is 18.3. The van der Waals surface area contributed by atoms with Crippen LogP contribution in [0.15, 0.2) is 65.5 Å². The van der Waals surface area contributed by atoms with Gasteiger partial charge in [0.25, 0.3) is 5.56 Å². The van der Waals surface area contributed by atoms with Gasteiger partial charge < -0.3 is 15.4 Å². The van der Waals surface area contributed by atoms with E-state index in [0.29, 0.717) is 23.6 Å². The first kappa shape index (κ1) is 22.7. The highest BCUT2D eigenvalue weighted by atomic mass is 16.5. The molecule has 0 spiro atoms. The van der Waals surface area contributed by atoms with Gasteiger partial charge in [0, 0.05) is 17.7 Å². The van der Waals surface area contributed by atoms with Gasteiger partial charge in [0.1, 0.15) is 17.5 Å². The average Bonchev–Trinajstić information content (AvgIpc) is 2.82. The Labute approximate surface area is 186 Å². The Kier molecular flexibility index (Phi) is 7.38. The summed E-state index contributed by atoms with van der Waals surface area (Å²) in [4.78, 5) is 38.2. The maximum atomic E-state index is 13.1. The van der Waals surface area contributed by atoms with E-state index in [1.54, 1.807) is 45.2 Å². The van der Waals surface area contributed by atoms with Crippen LogP contribution in [0.2, 0.25) is 0 Å². The maximum absolute atomic E-state index is 13.1. The third kappa shape index (κ3) is 5.21. The fourth-order valence-electron chi connectivity index (χ4n) is 3.17. The van der Waals surface area contributed by atoms with E-state index in [2.05, 4.69) is 15.7 Å². The van der Waals surface area contributed by atoms with Crippen molar-refractivity contribution in [3.8, 4) is 17.0 Å². The molecule has 0 saturated carbocycles. The quantitative estimate of drug-likeness (QED) is 0.561. The number of methoxy groups -OCH3 is 1. The van der Waals surface area contributed by atoms with Crippen molar-refractivity contribution in [2.45, 2.75) is 32.7 Å². The third-order valence-electron chi connectivity index (χ3n) is 4.94. The van der Waals surface area contributed by atoms with E-state index >= 15 is 0 Å². The molecule has 166 valence electrons. The van der Waals surface area contributed by atoms with Crippen molar-refractivity contribution in [1.29, 1.82) is 0 Å². The second-order valence-corrected chi connectivity index (χ2v) is 7.10. The number of benzene rings is 2. The van der Waals surface area contributed by atoms with Crippen LogP contribution in [-0.4, -0.2) is 28.7 Å². The summed E-state index contributed by atoms with van der Waals surface area (Å²) >= 11 is 0. The van der Waals surface area contributed by atoms with E-state index in [1.807, 2.05) is 30.3 Å². The molecule has 0 aliphatic rings. The minimum atomic E-state index is -0.870. The van der Waals surface area contributed by atoms with Crippen molar-refractivity contribution in [2.75, 3.05) is 17.7 Å². The van der Waals surface area contributed by atoms with E-state index in [9.17, 15) is 14.4 Å². The molecule has 2 N–H and O–H groups in total. The standard InChI is InChI=1S/C24H26N4O4/c1-4-21(23(30)25-17-11-13-18(32-3)14-12-17)28-24(31)20(26-22(29)5-2)15-19(27-28)16-9-7-6-8-10-16/h6-15,21H,4-5H2,1-3H3,(H,25,30)(H,26,29)/t21-/m1/s1. The molecule has 8 nitrogen and oxygen atoms in total. The summed E-state index contributed by atoms with van der Waals surface area (Å²) < 4.78 is 6.28. The zero-order chi connectivity index (χ0) is 23.1. The van der Waals surface area contributed by atoms with Gasteiger partial charge in [-0.25, -0.2) is 4.68 Å². The fourth-order valence-corrected chi connectivity index (χ4v) is 3.17. The smallest absolute Gasteiger partial charge is 0.291 e. The number of carbonyl (C=O) groups is 2. The molecule has 0 unspecified atom stereocenters. The summed E-state index contributed by atoms with van der Waals surface area (Å²) in [6, 6.07) is 16.8. The number of hydrogen-bond donors (Lipinski definition) is 2. The molecule has 0 radical (unpaired) electrons. The molecule has 32 heavy (non-hydrogen) atoms. The molecule has 3 aromatic rings. The normalized spacial score (nSPS) is 11.5. The molecular weight excluding hydrogens is 408 g/mol. The fraction of sp³-hybridized carbons (Fsp3) is 0.250. The van der Waals surface area contributed by atoms with Crippen LogP contribution in [-0.2, 0) is 9.59 Å². The lowest BCUT2D eigenvalue weighted by atomic mass is 10.1. The Morgan fingerprint density at radius 3 is 2.31 bits per heavy atom. The number of nitrogens with one attached hydrogen (secondary N) is 2. The van der Waals surface area contributed by atoms with Crippen LogP contribution in [0, 0.1) is 0 Å². The zero-order valence-corrected chi connectivity index (χ0v) is 18.3. The van der Waals surface area contributed by atoms with Crippen LogP contribution in [0.5, 0.6) is 5.75 Å². The molecule has 1 atom stereocenters. The van der Waals surface area contributed by atoms with Gasteiger partial charge in [-0.2, -0.15) is 5.10 Å². The van der Waals surface area contributed by atoms with Gasteiger partial charge in [-0.3, -0.25) is 14.4 Å². The monoisotopic (exact) mass is 434 g/mol. The van der Waals surface area contributed by atoms with Gasteiger partial charge in [-0.1, -0.05) is 44.2 Å². The largest absolute Gasteiger partial charge is 0.497 e.